The fraction of sp³-hybridized carbons (Fsp3) is 0.167. The molecule has 0 atom stereocenters. The van der Waals surface area contributed by atoms with Crippen molar-refractivity contribution in [1.82, 2.24) is 0 Å². The predicted molar refractivity (Wildman–Crippen MR) is 31.8 cm³/mol. The maximum absolute atomic E-state index is 2.20. The zero-order chi connectivity index (χ0) is 4.69. The summed E-state index contributed by atoms with van der Waals surface area (Å²) in [6.07, 6.45) is 1.29. The summed E-state index contributed by atoms with van der Waals surface area (Å²) in [4.78, 5) is 0. The van der Waals surface area contributed by atoms with Gasteiger partial charge in [-0.05, 0) is 16.7 Å². The van der Waals surface area contributed by atoms with Crippen LogP contribution in [0.2, 0.25) is 0 Å². The summed E-state index contributed by atoms with van der Waals surface area (Å²) in [6, 6.07) is 4.33. The SMILES string of the molecule is c1cpc2c(c1)C2. The standard InChI is InChI=1S/C6H5P/c1-2-5-4-6(5)7-3-1/h1-3H,4H2. The van der Waals surface area contributed by atoms with Gasteiger partial charge in [0.2, 0.25) is 0 Å². The lowest BCUT2D eigenvalue weighted by molar-refractivity contribution is 1.63. The number of rotatable bonds is 0. The number of fused-ring (bicyclic) bond motifs is 1. The van der Waals surface area contributed by atoms with Crippen LogP contribution in [-0.2, 0) is 6.42 Å². The first kappa shape index (κ1) is 3.63. The molecule has 0 nitrogen and oxygen atoms in total. The smallest absolute Gasteiger partial charge is 0.00271 e. The molecule has 0 radical (unpaired) electrons. The molecule has 2 rings (SSSR count). The Labute approximate surface area is 44.3 Å². The van der Waals surface area contributed by atoms with Crippen LogP contribution in [-0.4, -0.2) is 0 Å². The van der Waals surface area contributed by atoms with Gasteiger partial charge in [0.1, 0.15) is 0 Å². The van der Waals surface area contributed by atoms with Crippen LogP contribution in [0.25, 0.3) is 0 Å². The molecule has 0 bridgehead atoms. The van der Waals surface area contributed by atoms with E-state index in [4.69, 9.17) is 0 Å². The molecule has 0 spiro atoms. The molecule has 0 N–H and O–H groups in total. The van der Waals surface area contributed by atoms with Crippen molar-refractivity contribution in [2.24, 2.45) is 0 Å². The minimum atomic E-state index is 1.29. The van der Waals surface area contributed by atoms with Crippen LogP contribution >= 0.6 is 8.19 Å². The molecule has 0 amide bonds. The lowest BCUT2D eigenvalue weighted by Crippen LogP contribution is -1.41. The molecule has 1 heterocycles. The van der Waals surface area contributed by atoms with Crippen molar-refractivity contribution in [3.05, 3.63) is 28.8 Å². The van der Waals surface area contributed by atoms with Gasteiger partial charge in [0.15, 0.2) is 0 Å². The van der Waals surface area contributed by atoms with E-state index in [-0.39, 0.29) is 0 Å². The Kier molecular flexibility index (Phi) is 0.558. The molecule has 0 saturated heterocycles. The zero-order valence-electron chi connectivity index (χ0n) is 3.89. The first-order valence-electron chi connectivity index (χ1n) is 2.39. The van der Waals surface area contributed by atoms with E-state index < -0.39 is 0 Å². The van der Waals surface area contributed by atoms with Crippen LogP contribution in [0.1, 0.15) is 10.9 Å². The second-order valence-corrected chi connectivity index (χ2v) is 2.88. The van der Waals surface area contributed by atoms with Crippen molar-refractivity contribution in [1.29, 1.82) is 0 Å². The molecule has 1 aromatic rings. The highest BCUT2D eigenvalue weighted by molar-refractivity contribution is 7.30. The number of hydrogen-bond acceptors (Lipinski definition) is 0. The summed E-state index contributed by atoms with van der Waals surface area (Å²) >= 11 is 0. The first-order valence-corrected chi connectivity index (χ1v) is 3.36. The van der Waals surface area contributed by atoms with Crippen molar-refractivity contribution in [2.45, 2.75) is 6.42 Å². The molecule has 7 heavy (non-hydrogen) atoms. The summed E-state index contributed by atoms with van der Waals surface area (Å²) in [5.74, 6) is 2.19. The lowest BCUT2D eigenvalue weighted by atomic mass is 10.5. The highest BCUT2D eigenvalue weighted by Gasteiger charge is 2.13. The van der Waals surface area contributed by atoms with Gasteiger partial charge >= 0.3 is 0 Å². The summed E-state index contributed by atoms with van der Waals surface area (Å²) in [6.45, 7) is 0. The summed E-state index contributed by atoms with van der Waals surface area (Å²) in [5, 5.41) is 1.63. The molecule has 34 valence electrons. The number of hydrogen-bond donors (Lipinski definition) is 0. The molecule has 0 fully saturated rings. The van der Waals surface area contributed by atoms with Gasteiger partial charge in [-0.1, -0.05) is 20.3 Å². The minimum Gasteiger partial charge on any atom is -0.0723 e. The minimum absolute atomic E-state index is 1.29. The molecule has 1 aromatic heterocycles. The van der Waals surface area contributed by atoms with E-state index in [0.717, 1.165) is 0 Å². The molecule has 0 aliphatic heterocycles. The Hall–Kier alpha value is -0.350. The molecular weight excluding hydrogens is 103 g/mol. The molecule has 1 heteroatoms. The van der Waals surface area contributed by atoms with Crippen molar-refractivity contribution in [3.63, 3.8) is 0 Å². The van der Waals surface area contributed by atoms with Gasteiger partial charge in [-0.2, -0.15) is 0 Å². The van der Waals surface area contributed by atoms with Gasteiger partial charge in [-0.15, -0.1) is 0 Å². The quantitative estimate of drug-likeness (QED) is 0.485. The van der Waals surface area contributed by atoms with Gasteiger partial charge in [-0.3, -0.25) is 0 Å². The molecular formula is C6H5P. The van der Waals surface area contributed by atoms with E-state index in [0.29, 0.717) is 0 Å². The summed E-state index contributed by atoms with van der Waals surface area (Å²) in [7, 11) is 1.44. The molecule has 0 aromatic carbocycles. The van der Waals surface area contributed by atoms with Gasteiger partial charge in [-0.25, -0.2) is 0 Å². The van der Waals surface area contributed by atoms with Gasteiger partial charge in [0.25, 0.3) is 0 Å². The first-order chi connectivity index (χ1) is 3.47. The van der Waals surface area contributed by atoms with Crippen LogP contribution in [0, 0.1) is 0 Å². The van der Waals surface area contributed by atoms with E-state index in [1.54, 1.807) is 10.9 Å². The van der Waals surface area contributed by atoms with Crippen LogP contribution in [0.15, 0.2) is 17.9 Å². The van der Waals surface area contributed by atoms with Crippen molar-refractivity contribution >= 4 is 8.19 Å². The second-order valence-electron chi connectivity index (χ2n) is 1.79. The maximum Gasteiger partial charge on any atom is 0.00271 e. The average Bonchev–Trinajstić information content (AvgIpc) is 2.41. The topological polar surface area (TPSA) is 0 Å². The van der Waals surface area contributed by atoms with Crippen LogP contribution in [0.4, 0.5) is 0 Å². The fourth-order valence-corrected chi connectivity index (χ4v) is 1.57. The second kappa shape index (κ2) is 1.08. The predicted octanol–water partition coefficient (Wildman–Crippen LogP) is 2.17. The summed E-state index contributed by atoms with van der Waals surface area (Å²) < 4.78 is 0. The van der Waals surface area contributed by atoms with E-state index in [9.17, 15) is 0 Å². The fourth-order valence-electron chi connectivity index (χ4n) is 0.712. The lowest BCUT2D eigenvalue weighted by Gasteiger charge is -1.68. The molecule has 0 saturated carbocycles. The highest BCUT2D eigenvalue weighted by Crippen LogP contribution is 2.33. The average molecular weight is 108 g/mol. The zero-order valence-corrected chi connectivity index (χ0v) is 4.78. The molecule has 1 aliphatic rings. The van der Waals surface area contributed by atoms with Crippen molar-refractivity contribution < 1.29 is 0 Å². The van der Waals surface area contributed by atoms with E-state index in [1.165, 1.54) is 14.6 Å². The third-order valence-corrected chi connectivity index (χ3v) is 2.30. The molecule has 0 unspecified atom stereocenters. The Morgan fingerprint density at radius 2 is 2.57 bits per heavy atom. The highest BCUT2D eigenvalue weighted by atomic mass is 31.0. The Balaban J connectivity index is 2.73. The summed E-state index contributed by atoms with van der Waals surface area (Å²) in [5.41, 5.74) is 1.57. The van der Waals surface area contributed by atoms with Crippen LogP contribution < -0.4 is 0 Å². The van der Waals surface area contributed by atoms with Crippen molar-refractivity contribution in [2.75, 3.05) is 0 Å². The third kappa shape index (κ3) is 0.470. The van der Waals surface area contributed by atoms with Gasteiger partial charge < -0.3 is 0 Å². The molecule has 1 aliphatic carbocycles. The normalized spacial score (nSPS) is 14.3. The Morgan fingerprint density at radius 1 is 1.57 bits per heavy atom. The van der Waals surface area contributed by atoms with Crippen LogP contribution in [0.5, 0.6) is 0 Å². The maximum atomic E-state index is 2.20. The van der Waals surface area contributed by atoms with E-state index in [2.05, 4.69) is 17.9 Å². The third-order valence-electron chi connectivity index (χ3n) is 1.22. The van der Waals surface area contributed by atoms with Crippen LogP contribution in [0.3, 0.4) is 0 Å². The van der Waals surface area contributed by atoms with Crippen molar-refractivity contribution in [3.8, 4) is 0 Å². The van der Waals surface area contributed by atoms with Gasteiger partial charge in [0, 0.05) is 6.42 Å². The Morgan fingerprint density at radius 3 is 3.14 bits per heavy atom. The van der Waals surface area contributed by atoms with E-state index >= 15 is 0 Å². The van der Waals surface area contributed by atoms with E-state index in [1.807, 2.05) is 0 Å². The Bertz CT molecular complexity index is 172. The van der Waals surface area contributed by atoms with Gasteiger partial charge in [0.05, 0.1) is 0 Å². The largest absolute Gasteiger partial charge is 0.0723 e. The monoisotopic (exact) mass is 108 g/mol.